The van der Waals surface area contributed by atoms with E-state index < -0.39 is 6.10 Å². The first-order valence-corrected chi connectivity index (χ1v) is 11.8. The third-order valence-corrected chi connectivity index (χ3v) is 6.55. The lowest BCUT2D eigenvalue weighted by Gasteiger charge is -2.38. The first-order valence-electron chi connectivity index (χ1n) is 11.8. The number of methoxy groups -OCH3 is 1. The third-order valence-electron chi connectivity index (χ3n) is 6.55. The van der Waals surface area contributed by atoms with E-state index in [1.165, 1.54) is 32.1 Å². The van der Waals surface area contributed by atoms with E-state index >= 15 is 0 Å². The van der Waals surface area contributed by atoms with E-state index in [-0.39, 0.29) is 18.6 Å². The van der Waals surface area contributed by atoms with Gasteiger partial charge in [0, 0.05) is 43.2 Å². The zero-order valence-corrected chi connectivity index (χ0v) is 19.1. The van der Waals surface area contributed by atoms with E-state index in [1.807, 2.05) is 24.3 Å². The van der Waals surface area contributed by atoms with Crippen LogP contribution < -0.4 is 10.1 Å². The molecular weight excluding hydrogens is 390 g/mol. The molecule has 1 aromatic heterocycles. The van der Waals surface area contributed by atoms with Gasteiger partial charge >= 0.3 is 0 Å². The molecule has 0 bridgehead atoms. The third kappa shape index (κ3) is 6.62. The number of piperidine rings is 1. The van der Waals surface area contributed by atoms with E-state index in [1.54, 1.807) is 13.3 Å². The second-order valence-corrected chi connectivity index (χ2v) is 8.76. The van der Waals surface area contributed by atoms with Crippen LogP contribution in [0.2, 0.25) is 0 Å². The molecule has 3 atom stereocenters. The Morgan fingerprint density at radius 2 is 2.06 bits per heavy atom. The number of likely N-dealkylation sites (tertiary alicyclic amines) is 1. The Morgan fingerprint density at radius 3 is 2.84 bits per heavy atom. The summed E-state index contributed by atoms with van der Waals surface area (Å²) in [7, 11) is 1.64. The average Bonchev–Trinajstić information content (AvgIpc) is 2.81. The summed E-state index contributed by atoms with van der Waals surface area (Å²) in [6.45, 7) is 5.97. The quantitative estimate of drug-likeness (QED) is 0.448. The maximum atomic E-state index is 10.9. The van der Waals surface area contributed by atoms with Gasteiger partial charge in [-0.25, -0.2) is 0 Å². The van der Waals surface area contributed by atoms with Gasteiger partial charge in [-0.15, -0.1) is 0 Å². The van der Waals surface area contributed by atoms with Gasteiger partial charge in [0.2, 0.25) is 0 Å². The lowest BCUT2D eigenvalue weighted by atomic mass is 9.92. The first kappa shape index (κ1) is 23.9. The van der Waals surface area contributed by atoms with Gasteiger partial charge in [0.25, 0.3) is 0 Å². The highest BCUT2D eigenvalue weighted by Gasteiger charge is 2.28. The highest BCUT2D eigenvalue weighted by atomic mass is 16.5. The summed E-state index contributed by atoms with van der Waals surface area (Å²) in [5.74, 6) is 0.954. The number of aromatic nitrogens is 1. The number of aliphatic hydroxyl groups excluding tert-OH is 2. The summed E-state index contributed by atoms with van der Waals surface area (Å²) in [5.41, 5.74) is 1.69. The largest absolute Gasteiger partial charge is 0.497 e. The molecule has 1 saturated heterocycles. The Morgan fingerprint density at radius 1 is 1.23 bits per heavy atom. The van der Waals surface area contributed by atoms with Crippen LogP contribution in [0.4, 0.5) is 0 Å². The fraction of sp³-hybridized carbons (Fsp3) is 0.640. The zero-order valence-electron chi connectivity index (χ0n) is 19.1. The molecule has 6 nitrogen and oxygen atoms in total. The number of aliphatic hydroxyl groups is 2. The van der Waals surface area contributed by atoms with Crippen LogP contribution in [0.1, 0.15) is 57.1 Å². The number of nitrogens with zero attached hydrogens (tertiary/aromatic N) is 2. The summed E-state index contributed by atoms with van der Waals surface area (Å²) in [6.07, 6.45) is 8.56. The van der Waals surface area contributed by atoms with Crippen molar-refractivity contribution in [1.82, 2.24) is 15.2 Å². The molecule has 1 aliphatic rings. The summed E-state index contributed by atoms with van der Waals surface area (Å²) in [4.78, 5) is 6.89. The smallest absolute Gasteiger partial charge is 0.119 e. The molecule has 3 N–H and O–H groups in total. The predicted molar refractivity (Wildman–Crippen MR) is 125 cm³/mol. The van der Waals surface area contributed by atoms with Gasteiger partial charge in [-0.1, -0.05) is 32.6 Å². The van der Waals surface area contributed by atoms with Crippen LogP contribution in [-0.2, 0) is 0 Å². The van der Waals surface area contributed by atoms with Gasteiger partial charge in [0.05, 0.1) is 18.7 Å². The molecule has 0 amide bonds. The Hall–Kier alpha value is -1.73. The maximum absolute atomic E-state index is 10.9. The molecule has 0 aliphatic carbocycles. The van der Waals surface area contributed by atoms with Gasteiger partial charge in [0.1, 0.15) is 5.75 Å². The number of unbranched alkanes of at least 4 members (excludes halogenated alkanes) is 4. The van der Waals surface area contributed by atoms with E-state index in [0.29, 0.717) is 6.54 Å². The van der Waals surface area contributed by atoms with Gasteiger partial charge in [-0.05, 0) is 55.8 Å². The summed E-state index contributed by atoms with van der Waals surface area (Å²) >= 11 is 0. The van der Waals surface area contributed by atoms with Gasteiger partial charge in [-0.3, -0.25) is 4.98 Å². The fourth-order valence-electron chi connectivity index (χ4n) is 4.64. The van der Waals surface area contributed by atoms with Crippen LogP contribution >= 0.6 is 0 Å². The molecular formula is C25H39N3O3. The predicted octanol–water partition coefficient (Wildman–Crippen LogP) is 3.52. The number of benzene rings is 1. The van der Waals surface area contributed by atoms with Crippen molar-refractivity contribution in [2.45, 2.75) is 57.6 Å². The number of hydrogen-bond donors (Lipinski definition) is 3. The highest BCUT2D eigenvalue weighted by Crippen LogP contribution is 2.27. The number of nitrogens with one attached hydrogen (secondary N) is 1. The second-order valence-electron chi connectivity index (χ2n) is 8.76. The van der Waals surface area contributed by atoms with Crippen LogP contribution in [0.3, 0.4) is 0 Å². The topological polar surface area (TPSA) is 77.9 Å². The molecule has 3 rings (SSSR count). The molecule has 1 fully saturated rings. The normalized spacial score (nSPS) is 20.8. The average molecular weight is 430 g/mol. The van der Waals surface area contributed by atoms with Gasteiger partial charge in [-0.2, -0.15) is 0 Å². The summed E-state index contributed by atoms with van der Waals surface area (Å²) in [5, 5.41) is 25.3. The SMILES string of the molecule is CCCCCCCN1CC[C@@H](NC[C@H](O)c2ccnc3ccc(OC)cc23)[C@@H](CO)C1. The molecule has 6 heteroatoms. The minimum atomic E-state index is -0.645. The van der Waals surface area contributed by atoms with E-state index in [9.17, 15) is 10.2 Å². The Bertz CT molecular complexity index is 801. The van der Waals surface area contributed by atoms with Crippen molar-refractivity contribution in [3.05, 3.63) is 36.0 Å². The standard InChI is InChI=1S/C25H39N3O3/c1-3-4-5-6-7-13-28-14-11-23(19(17-28)18-29)27-16-25(30)21-10-12-26-24-9-8-20(31-2)15-22(21)24/h8-10,12,15,19,23,25,27,29-30H,3-7,11,13-14,16-18H2,1-2H3/t19-,23-,25+/m1/s1. The van der Waals surface area contributed by atoms with Crippen molar-refractivity contribution in [3.8, 4) is 5.75 Å². The molecule has 172 valence electrons. The van der Waals surface area contributed by atoms with Crippen molar-refractivity contribution >= 4 is 10.9 Å². The number of pyridine rings is 1. The molecule has 2 heterocycles. The van der Waals surface area contributed by atoms with Crippen LogP contribution in [0.25, 0.3) is 10.9 Å². The van der Waals surface area contributed by atoms with Crippen molar-refractivity contribution in [3.63, 3.8) is 0 Å². The molecule has 2 aromatic rings. The Balaban J connectivity index is 1.53. The number of hydrogen-bond acceptors (Lipinski definition) is 6. The lowest BCUT2D eigenvalue weighted by Crippen LogP contribution is -2.51. The number of fused-ring (bicyclic) bond motifs is 1. The lowest BCUT2D eigenvalue weighted by molar-refractivity contribution is 0.0794. The zero-order chi connectivity index (χ0) is 22.1. The molecule has 1 aliphatic heterocycles. The Kier molecular flexibility index (Phi) is 9.53. The number of rotatable bonds is 12. The summed E-state index contributed by atoms with van der Waals surface area (Å²) < 4.78 is 5.34. The first-order chi connectivity index (χ1) is 15.2. The van der Waals surface area contributed by atoms with Crippen molar-refractivity contribution in [2.75, 3.05) is 39.9 Å². The highest BCUT2D eigenvalue weighted by molar-refractivity contribution is 5.83. The second kappa shape index (κ2) is 12.3. The molecule has 0 unspecified atom stereocenters. The molecule has 0 spiro atoms. The molecule has 31 heavy (non-hydrogen) atoms. The van der Waals surface area contributed by atoms with E-state index in [2.05, 4.69) is 22.1 Å². The molecule has 1 aromatic carbocycles. The Labute approximate surface area is 186 Å². The minimum absolute atomic E-state index is 0.176. The van der Waals surface area contributed by atoms with Crippen LogP contribution in [0, 0.1) is 5.92 Å². The van der Waals surface area contributed by atoms with Gasteiger partial charge < -0.3 is 25.2 Å². The minimum Gasteiger partial charge on any atom is -0.497 e. The fourth-order valence-corrected chi connectivity index (χ4v) is 4.64. The monoisotopic (exact) mass is 429 g/mol. The van der Waals surface area contributed by atoms with Crippen molar-refractivity contribution in [2.24, 2.45) is 5.92 Å². The van der Waals surface area contributed by atoms with Crippen LogP contribution in [0.15, 0.2) is 30.5 Å². The van der Waals surface area contributed by atoms with E-state index in [4.69, 9.17) is 4.74 Å². The summed E-state index contributed by atoms with van der Waals surface area (Å²) in [6, 6.07) is 7.82. The van der Waals surface area contributed by atoms with Crippen LogP contribution in [-0.4, -0.2) is 66.0 Å². The van der Waals surface area contributed by atoms with Crippen molar-refractivity contribution < 1.29 is 14.9 Å². The van der Waals surface area contributed by atoms with Crippen molar-refractivity contribution in [1.29, 1.82) is 0 Å². The van der Waals surface area contributed by atoms with Gasteiger partial charge in [0.15, 0.2) is 0 Å². The van der Waals surface area contributed by atoms with E-state index in [0.717, 1.165) is 48.3 Å². The maximum Gasteiger partial charge on any atom is 0.119 e. The molecule has 0 radical (unpaired) electrons. The van der Waals surface area contributed by atoms with Crippen LogP contribution in [0.5, 0.6) is 5.75 Å². The number of ether oxygens (including phenoxy) is 1. The molecule has 0 saturated carbocycles.